The summed E-state index contributed by atoms with van der Waals surface area (Å²) in [5, 5.41) is 0. The summed E-state index contributed by atoms with van der Waals surface area (Å²) in [6, 6.07) is 13.9. The van der Waals surface area contributed by atoms with Crippen molar-refractivity contribution in [2.45, 2.75) is 6.04 Å². The van der Waals surface area contributed by atoms with Crippen molar-refractivity contribution in [1.29, 1.82) is 0 Å². The van der Waals surface area contributed by atoms with Gasteiger partial charge in [0.1, 0.15) is 18.2 Å². The van der Waals surface area contributed by atoms with Crippen molar-refractivity contribution >= 4 is 15.9 Å². The number of para-hydroxylation sites is 1. The molecule has 1 unspecified atom stereocenters. The number of halogens is 2. The number of benzene rings is 2. The Morgan fingerprint density at radius 3 is 2.56 bits per heavy atom. The van der Waals surface area contributed by atoms with Crippen LogP contribution >= 0.6 is 15.9 Å². The SMILES string of the molecule is NC(COc1ccccc1)c1cccc(Br)c1F. The maximum absolute atomic E-state index is 13.8. The van der Waals surface area contributed by atoms with E-state index in [4.69, 9.17) is 10.5 Å². The van der Waals surface area contributed by atoms with Crippen LogP contribution in [0.3, 0.4) is 0 Å². The van der Waals surface area contributed by atoms with Crippen LogP contribution in [0, 0.1) is 5.82 Å². The molecule has 0 aromatic heterocycles. The van der Waals surface area contributed by atoms with Crippen LogP contribution in [0.15, 0.2) is 53.0 Å². The molecule has 2 rings (SSSR count). The highest BCUT2D eigenvalue weighted by Gasteiger charge is 2.14. The number of ether oxygens (including phenoxy) is 1. The van der Waals surface area contributed by atoms with Crippen LogP contribution in [0.4, 0.5) is 4.39 Å². The minimum Gasteiger partial charge on any atom is -0.492 e. The zero-order chi connectivity index (χ0) is 13.0. The van der Waals surface area contributed by atoms with E-state index in [2.05, 4.69) is 15.9 Å². The lowest BCUT2D eigenvalue weighted by atomic mass is 10.1. The summed E-state index contributed by atoms with van der Waals surface area (Å²) >= 11 is 3.14. The lowest BCUT2D eigenvalue weighted by Gasteiger charge is -2.14. The van der Waals surface area contributed by atoms with Crippen molar-refractivity contribution in [3.05, 3.63) is 64.4 Å². The van der Waals surface area contributed by atoms with E-state index in [1.165, 1.54) is 0 Å². The van der Waals surface area contributed by atoms with Crippen molar-refractivity contribution in [1.82, 2.24) is 0 Å². The molecule has 0 spiro atoms. The van der Waals surface area contributed by atoms with Gasteiger partial charge in [-0.1, -0.05) is 30.3 Å². The summed E-state index contributed by atoms with van der Waals surface area (Å²) in [6.45, 7) is 0.234. The van der Waals surface area contributed by atoms with E-state index in [0.717, 1.165) is 5.75 Å². The summed E-state index contributed by atoms with van der Waals surface area (Å²) in [7, 11) is 0. The highest BCUT2D eigenvalue weighted by atomic mass is 79.9. The Kier molecular flexibility index (Phi) is 4.33. The fourth-order valence-electron chi connectivity index (χ4n) is 1.60. The highest BCUT2D eigenvalue weighted by Crippen LogP contribution is 2.23. The summed E-state index contributed by atoms with van der Waals surface area (Å²) in [6.07, 6.45) is 0. The fourth-order valence-corrected chi connectivity index (χ4v) is 1.98. The van der Waals surface area contributed by atoms with Gasteiger partial charge in [0.15, 0.2) is 0 Å². The second-order valence-corrected chi connectivity index (χ2v) is 4.73. The second-order valence-electron chi connectivity index (χ2n) is 3.87. The normalized spacial score (nSPS) is 12.2. The van der Waals surface area contributed by atoms with Crippen molar-refractivity contribution in [3.63, 3.8) is 0 Å². The summed E-state index contributed by atoms with van der Waals surface area (Å²) in [5.74, 6) is 0.394. The van der Waals surface area contributed by atoms with E-state index < -0.39 is 6.04 Å². The Labute approximate surface area is 114 Å². The Morgan fingerprint density at radius 1 is 1.11 bits per heavy atom. The Balaban J connectivity index is 2.04. The lowest BCUT2D eigenvalue weighted by molar-refractivity contribution is 0.287. The molecule has 18 heavy (non-hydrogen) atoms. The molecule has 0 aliphatic rings. The van der Waals surface area contributed by atoms with Gasteiger partial charge in [-0.25, -0.2) is 4.39 Å². The van der Waals surface area contributed by atoms with E-state index in [9.17, 15) is 4.39 Å². The average molecular weight is 310 g/mol. The molecule has 0 radical (unpaired) electrons. The fraction of sp³-hybridized carbons (Fsp3) is 0.143. The van der Waals surface area contributed by atoms with Crippen LogP contribution in [0.2, 0.25) is 0 Å². The molecule has 0 saturated heterocycles. The van der Waals surface area contributed by atoms with Crippen LogP contribution in [0.25, 0.3) is 0 Å². The third-order valence-corrected chi connectivity index (χ3v) is 3.17. The van der Waals surface area contributed by atoms with E-state index in [1.807, 2.05) is 30.3 Å². The predicted octanol–water partition coefficient (Wildman–Crippen LogP) is 3.67. The first-order chi connectivity index (χ1) is 8.68. The van der Waals surface area contributed by atoms with Gasteiger partial charge in [0.2, 0.25) is 0 Å². The van der Waals surface area contributed by atoms with E-state index in [0.29, 0.717) is 10.0 Å². The topological polar surface area (TPSA) is 35.2 Å². The molecule has 2 aromatic rings. The molecule has 0 saturated carbocycles. The van der Waals surface area contributed by atoms with Gasteiger partial charge in [0, 0.05) is 5.56 Å². The summed E-state index contributed by atoms with van der Waals surface area (Å²) in [5.41, 5.74) is 6.37. The monoisotopic (exact) mass is 309 g/mol. The van der Waals surface area contributed by atoms with Crippen molar-refractivity contribution in [2.24, 2.45) is 5.73 Å². The van der Waals surface area contributed by atoms with Crippen molar-refractivity contribution in [2.75, 3.05) is 6.61 Å². The molecule has 2 nitrogen and oxygen atoms in total. The third-order valence-electron chi connectivity index (χ3n) is 2.55. The molecule has 0 aliphatic heterocycles. The van der Waals surface area contributed by atoms with Gasteiger partial charge < -0.3 is 10.5 Å². The molecule has 2 aromatic carbocycles. The van der Waals surface area contributed by atoms with Gasteiger partial charge in [0.25, 0.3) is 0 Å². The van der Waals surface area contributed by atoms with Crippen molar-refractivity contribution < 1.29 is 9.13 Å². The molecule has 1 atom stereocenters. The molecule has 4 heteroatoms. The molecule has 0 amide bonds. The molecule has 94 valence electrons. The number of rotatable bonds is 4. The van der Waals surface area contributed by atoms with E-state index >= 15 is 0 Å². The number of hydrogen-bond acceptors (Lipinski definition) is 2. The van der Waals surface area contributed by atoms with Gasteiger partial charge in [-0.05, 0) is 34.1 Å². The second kappa shape index (κ2) is 5.98. The zero-order valence-corrected chi connectivity index (χ0v) is 11.2. The van der Waals surface area contributed by atoms with Crippen LogP contribution in [0.5, 0.6) is 5.75 Å². The number of nitrogens with two attached hydrogens (primary N) is 1. The summed E-state index contributed by atoms with van der Waals surface area (Å²) < 4.78 is 19.7. The molecule has 0 bridgehead atoms. The van der Waals surface area contributed by atoms with Gasteiger partial charge in [-0.15, -0.1) is 0 Å². The molecule has 0 fully saturated rings. The van der Waals surface area contributed by atoms with Crippen LogP contribution < -0.4 is 10.5 Å². The summed E-state index contributed by atoms with van der Waals surface area (Å²) in [4.78, 5) is 0. The molecular formula is C14H13BrFNO. The van der Waals surface area contributed by atoms with Crippen LogP contribution in [0.1, 0.15) is 11.6 Å². The lowest BCUT2D eigenvalue weighted by Crippen LogP contribution is -2.20. The smallest absolute Gasteiger partial charge is 0.142 e. The predicted molar refractivity (Wildman–Crippen MR) is 73.0 cm³/mol. The Bertz CT molecular complexity index is 518. The largest absolute Gasteiger partial charge is 0.492 e. The quantitative estimate of drug-likeness (QED) is 0.935. The maximum Gasteiger partial charge on any atom is 0.142 e. The minimum absolute atomic E-state index is 0.234. The first-order valence-corrected chi connectivity index (χ1v) is 6.35. The molecule has 0 heterocycles. The van der Waals surface area contributed by atoms with Gasteiger partial charge in [-0.3, -0.25) is 0 Å². The van der Waals surface area contributed by atoms with Gasteiger partial charge in [0.05, 0.1) is 10.5 Å². The average Bonchev–Trinajstić information content (AvgIpc) is 2.40. The van der Waals surface area contributed by atoms with Gasteiger partial charge in [-0.2, -0.15) is 0 Å². The maximum atomic E-state index is 13.8. The van der Waals surface area contributed by atoms with Crippen LogP contribution in [-0.4, -0.2) is 6.61 Å². The first kappa shape index (κ1) is 13.1. The van der Waals surface area contributed by atoms with E-state index in [1.54, 1.807) is 18.2 Å². The molecule has 0 aliphatic carbocycles. The zero-order valence-electron chi connectivity index (χ0n) is 9.64. The Hall–Kier alpha value is -1.39. The minimum atomic E-state index is -0.497. The first-order valence-electron chi connectivity index (χ1n) is 5.56. The van der Waals surface area contributed by atoms with Crippen molar-refractivity contribution in [3.8, 4) is 5.75 Å². The third kappa shape index (κ3) is 3.09. The Morgan fingerprint density at radius 2 is 1.83 bits per heavy atom. The van der Waals surface area contributed by atoms with Crippen LogP contribution in [-0.2, 0) is 0 Å². The van der Waals surface area contributed by atoms with Gasteiger partial charge >= 0.3 is 0 Å². The number of hydrogen-bond donors (Lipinski definition) is 1. The van der Waals surface area contributed by atoms with E-state index in [-0.39, 0.29) is 12.4 Å². The molecule has 2 N–H and O–H groups in total. The standard InChI is InChI=1S/C14H13BrFNO/c15-12-8-4-7-11(14(12)16)13(17)9-18-10-5-2-1-3-6-10/h1-8,13H,9,17H2. The molecular weight excluding hydrogens is 297 g/mol. The highest BCUT2D eigenvalue weighted by molar-refractivity contribution is 9.10.